The van der Waals surface area contributed by atoms with Gasteiger partial charge in [-0.1, -0.05) is 51.9 Å². The van der Waals surface area contributed by atoms with Crippen LogP contribution in [0.4, 0.5) is 0 Å². The molecule has 0 aromatic rings. The van der Waals surface area contributed by atoms with E-state index in [4.69, 9.17) is 0 Å². The molecule has 2 amide bonds. The molecule has 0 heterocycles. The Morgan fingerprint density at radius 2 is 1.48 bits per heavy atom. The number of amides is 2. The molecule has 0 atom stereocenters. The number of carbonyl (C=O) groups is 2. The van der Waals surface area contributed by atoms with Crippen molar-refractivity contribution in [3.63, 3.8) is 0 Å². The van der Waals surface area contributed by atoms with Gasteiger partial charge in [-0.15, -0.1) is 0 Å². The standard InChI is InChI=1S/C19H36N2O2/c1-2-3-14-18(22)20-16-11-7-10-15-19(23)21-17-12-8-5-4-6-9-13-17/h17H,2-16H2,1H3,(H,20,22)(H,21,23). The van der Waals surface area contributed by atoms with Crippen LogP contribution in [0.2, 0.25) is 0 Å². The Kier molecular flexibility index (Phi) is 11.6. The molecule has 1 aliphatic rings. The van der Waals surface area contributed by atoms with Crippen molar-refractivity contribution in [3.8, 4) is 0 Å². The Hall–Kier alpha value is -1.06. The van der Waals surface area contributed by atoms with Crippen molar-refractivity contribution in [1.29, 1.82) is 0 Å². The fourth-order valence-electron chi connectivity index (χ4n) is 3.14. The van der Waals surface area contributed by atoms with Crippen molar-refractivity contribution < 1.29 is 9.59 Å². The Morgan fingerprint density at radius 1 is 0.826 bits per heavy atom. The summed E-state index contributed by atoms with van der Waals surface area (Å²) in [5, 5.41) is 6.15. The summed E-state index contributed by atoms with van der Waals surface area (Å²) in [5.41, 5.74) is 0. The molecule has 0 bridgehead atoms. The molecule has 1 fully saturated rings. The van der Waals surface area contributed by atoms with E-state index in [2.05, 4.69) is 17.6 Å². The fourth-order valence-corrected chi connectivity index (χ4v) is 3.14. The minimum absolute atomic E-state index is 0.161. The van der Waals surface area contributed by atoms with Crippen molar-refractivity contribution in [1.82, 2.24) is 10.6 Å². The number of unbranched alkanes of at least 4 members (excludes halogenated alkanes) is 3. The first-order chi connectivity index (χ1) is 11.2. The fraction of sp³-hybridized carbons (Fsp3) is 0.895. The Balaban J connectivity index is 1.97. The van der Waals surface area contributed by atoms with Gasteiger partial charge >= 0.3 is 0 Å². The molecule has 0 aromatic carbocycles. The van der Waals surface area contributed by atoms with Gasteiger partial charge in [0.1, 0.15) is 0 Å². The summed E-state index contributed by atoms with van der Waals surface area (Å²) in [7, 11) is 0. The van der Waals surface area contributed by atoms with E-state index in [1.807, 2.05) is 0 Å². The monoisotopic (exact) mass is 324 g/mol. The highest BCUT2D eigenvalue weighted by Crippen LogP contribution is 2.17. The molecule has 0 aliphatic heterocycles. The molecule has 0 unspecified atom stereocenters. The minimum atomic E-state index is 0.161. The van der Waals surface area contributed by atoms with Crippen molar-refractivity contribution in [2.75, 3.05) is 6.54 Å². The molecule has 0 saturated heterocycles. The first-order valence-electron chi connectivity index (χ1n) is 9.78. The van der Waals surface area contributed by atoms with Crippen molar-refractivity contribution in [2.45, 2.75) is 103 Å². The van der Waals surface area contributed by atoms with Gasteiger partial charge in [-0.3, -0.25) is 9.59 Å². The van der Waals surface area contributed by atoms with Crippen LogP contribution in [0.1, 0.15) is 96.8 Å². The molecule has 23 heavy (non-hydrogen) atoms. The molecule has 0 radical (unpaired) electrons. The molecule has 1 aliphatic carbocycles. The highest BCUT2D eigenvalue weighted by molar-refractivity contribution is 5.76. The summed E-state index contributed by atoms with van der Waals surface area (Å²) in [5.74, 6) is 0.372. The summed E-state index contributed by atoms with van der Waals surface area (Å²) in [4.78, 5) is 23.4. The second-order valence-electron chi connectivity index (χ2n) is 6.87. The van der Waals surface area contributed by atoms with Gasteiger partial charge in [0, 0.05) is 25.4 Å². The van der Waals surface area contributed by atoms with Gasteiger partial charge < -0.3 is 10.6 Å². The number of nitrogens with one attached hydrogen (secondary N) is 2. The van der Waals surface area contributed by atoms with Crippen molar-refractivity contribution in [2.24, 2.45) is 0 Å². The highest BCUT2D eigenvalue weighted by Gasteiger charge is 2.13. The second kappa shape index (κ2) is 13.4. The highest BCUT2D eigenvalue weighted by atomic mass is 16.2. The molecule has 0 aromatic heterocycles. The zero-order valence-corrected chi connectivity index (χ0v) is 15.0. The van der Waals surface area contributed by atoms with Crippen LogP contribution in [0.15, 0.2) is 0 Å². The van der Waals surface area contributed by atoms with E-state index in [1.165, 1.54) is 32.1 Å². The SMILES string of the molecule is CCCCC(=O)NCCCCCC(=O)NC1CCCCCCC1. The third kappa shape index (κ3) is 11.2. The van der Waals surface area contributed by atoms with E-state index < -0.39 is 0 Å². The summed E-state index contributed by atoms with van der Waals surface area (Å²) < 4.78 is 0. The molecular weight excluding hydrogens is 288 g/mol. The maximum absolute atomic E-state index is 12.0. The van der Waals surface area contributed by atoms with Gasteiger partial charge in [0.15, 0.2) is 0 Å². The number of rotatable bonds is 10. The maximum Gasteiger partial charge on any atom is 0.220 e. The van der Waals surface area contributed by atoms with E-state index in [1.54, 1.807) is 0 Å². The average Bonchev–Trinajstić information content (AvgIpc) is 2.51. The third-order valence-electron chi connectivity index (χ3n) is 4.63. The van der Waals surface area contributed by atoms with Crippen LogP contribution in [0.3, 0.4) is 0 Å². The van der Waals surface area contributed by atoms with Crippen LogP contribution in [0, 0.1) is 0 Å². The summed E-state index contributed by atoms with van der Waals surface area (Å²) in [6, 6.07) is 0.403. The van der Waals surface area contributed by atoms with Gasteiger partial charge in [0.2, 0.25) is 11.8 Å². The van der Waals surface area contributed by atoms with E-state index in [0.717, 1.165) is 51.5 Å². The van der Waals surface area contributed by atoms with Gasteiger partial charge in [-0.25, -0.2) is 0 Å². The van der Waals surface area contributed by atoms with E-state index in [0.29, 0.717) is 18.9 Å². The normalized spacial score (nSPS) is 16.4. The number of carbonyl (C=O) groups excluding carboxylic acids is 2. The van der Waals surface area contributed by atoms with Crippen LogP contribution in [0.25, 0.3) is 0 Å². The lowest BCUT2D eigenvalue weighted by molar-refractivity contribution is -0.122. The van der Waals surface area contributed by atoms with Gasteiger partial charge in [0.25, 0.3) is 0 Å². The van der Waals surface area contributed by atoms with Crippen LogP contribution in [-0.4, -0.2) is 24.4 Å². The van der Waals surface area contributed by atoms with Crippen LogP contribution >= 0.6 is 0 Å². The van der Waals surface area contributed by atoms with Crippen LogP contribution in [0.5, 0.6) is 0 Å². The predicted molar refractivity (Wildman–Crippen MR) is 95.3 cm³/mol. The molecule has 1 rings (SSSR count). The van der Waals surface area contributed by atoms with Crippen LogP contribution in [-0.2, 0) is 9.59 Å². The molecule has 1 saturated carbocycles. The predicted octanol–water partition coefficient (Wildman–Crippen LogP) is 4.08. The molecular formula is C19H36N2O2. The third-order valence-corrected chi connectivity index (χ3v) is 4.63. The number of hydrogen-bond donors (Lipinski definition) is 2. The number of hydrogen-bond acceptors (Lipinski definition) is 2. The Bertz CT molecular complexity index is 323. The summed E-state index contributed by atoms with van der Waals surface area (Å²) in [6.45, 7) is 2.84. The quantitative estimate of drug-likeness (QED) is 0.595. The van der Waals surface area contributed by atoms with Gasteiger partial charge in [-0.2, -0.15) is 0 Å². The molecule has 134 valence electrons. The van der Waals surface area contributed by atoms with Gasteiger partial charge in [0.05, 0.1) is 0 Å². The van der Waals surface area contributed by atoms with E-state index in [9.17, 15) is 9.59 Å². The molecule has 2 N–H and O–H groups in total. The maximum atomic E-state index is 12.0. The van der Waals surface area contributed by atoms with Crippen molar-refractivity contribution >= 4 is 11.8 Å². The molecule has 0 spiro atoms. The lowest BCUT2D eigenvalue weighted by Gasteiger charge is -2.21. The second-order valence-corrected chi connectivity index (χ2v) is 6.87. The first-order valence-corrected chi connectivity index (χ1v) is 9.78. The van der Waals surface area contributed by atoms with Gasteiger partial charge in [-0.05, 0) is 32.1 Å². The smallest absolute Gasteiger partial charge is 0.220 e. The largest absolute Gasteiger partial charge is 0.356 e. The Morgan fingerprint density at radius 3 is 2.17 bits per heavy atom. The molecule has 4 nitrogen and oxygen atoms in total. The average molecular weight is 325 g/mol. The minimum Gasteiger partial charge on any atom is -0.356 e. The lowest BCUT2D eigenvalue weighted by atomic mass is 9.96. The summed E-state index contributed by atoms with van der Waals surface area (Å²) in [6.07, 6.45) is 15.0. The van der Waals surface area contributed by atoms with E-state index in [-0.39, 0.29) is 11.8 Å². The lowest BCUT2D eigenvalue weighted by Crippen LogP contribution is -2.35. The zero-order chi connectivity index (χ0) is 16.8. The zero-order valence-electron chi connectivity index (χ0n) is 15.0. The first kappa shape index (κ1) is 20.0. The Labute approximate surface area is 142 Å². The summed E-state index contributed by atoms with van der Waals surface area (Å²) >= 11 is 0. The molecule has 4 heteroatoms. The van der Waals surface area contributed by atoms with Crippen LogP contribution < -0.4 is 10.6 Å². The van der Waals surface area contributed by atoms with Crippen molar-refractivity contribution in [3.05, 3.63) is 0 Å². The topological polar surface area (TPSA) is 58.2 Å². The van der Waals surface area contributed by atoms with E-state index >= 15 is 0 Å².